The highest BCUT2D eigenvalue weighted by molar-refractivity contribution is 6.30. The van der Waals surface area contributed by atoms with Gasteiger partial charge in [-0.3, -0.25) is 9.69 Å². The van der Waals surface area contributed by atoms with Crippen molar-refractivity contribution in [2.24, 2.45) is 0 Å². The zero-order valence-corrected chi connectivity index (χ0v) is 19.6. The number of halogens is 1. The number of nitrogens with one attached hydrogen (secondary N) is 2. The van der Waals surface area contributed by atoms with Gasteiger partial charge in [0.1, 0.15) is 19.0 Å². The van der Waals surface area contributed by atoms with Crippen LogP contribution in [0.3, 0.4) is 0 Å². The van der Waals surface area contributed by atoms with E-state index in [0.29, 0.717) is 58.8 Å². The first-order chi connectivity index (χ1) is 16.9. The van der Waals surface area contributed by atoms with E-state index in [4.69, 9.17) is 25.8 Å². The molecule has 0 spiro atoms. The number of amides is 3. The molecule has 3 amide bonds. The summed E-state index contributed by atoms with van der Waals surface area (Å²) in [6, 6.07) is 17.0. The second-order valence-corrected chi connectivity index (χ2v) is 9.30. The SMILES string of the molecule is CC12CC(NC(=O)N1c1cccc(C(=O)Nc3ccc4c(c3)OCCO4)c1)c1cc(Cl)ccc1O2. The van der Waals surface area contributed by atoms with Crippen LogP contribution in [0.25, 0.3) is 0 Å². The Kier molecular flexibility index (Phi) is 5.00. The van der Waals surface area contributed by atoms with Gasteiger partial charge >= 0.3 is 6.03 Å². The summed E-state index contributed by atoms with van der Waals surface area (Å²) in [7, 11) is 0. The van der Waals surface area contributed by atoms with Crippen LogP contribution in [-0.4, -0.2) is 30.9 Å². The second kappa shape index (κ2) is 8.09. The van der Waals surface area contributed by atoms with Crippen LogP contribution in [-0.2, 0) is 0 Å². The van der Waals surface area contributed by atoms with Crippen molar-refractivity contribution in [2.75, 3.05) is 23.4 Å². The zero-order valence-electron chi connectivity index (χ0n) is 18.8. The Morgan fingerprint density at radius 1 is 1.06 bits per heavy atom. The molecule has 1 saturated heterocycles. The van der Waals surface area contributed by atoms with Gasteiger partial charge in [0.2, 0.25) is 0 Å². The second-order valence-electron chi connectivity index (χ2n) is 8.86. The average molecular weight is 492 g/mol. The molecule has 3 aliphatic heterocycles. The molecule has 0 radical (unpaired) electrons. The predicted octanol–water partition coefficient (Wildman–Crippen LogP) is 5.13. The molecule has 6 rings (SSSR count). The summed E-state index contributed by atoms with van der Waals surface area (Å²) in [4.78, 5) is 27.8. The fraction of sp³-hybridized carbons (Fsp3) is 0.231. The van der Waals surface area contributed by atoms with Crippen LogP contribution in [0.15, 0.2) is 60.7 Å². The molecule has 8 nitrogen and oxygen atoms in total. The molecular formula is C26H22ClN3O5. The highest BCUT2D eigenvalue weighted by Crippen LogP contribution is 2.46. The molecule has 35 heavy (non-hydrogen) atoms. The largest absolute Gasteiger partial charge is 0.486 e. The summed E-state index contributed by atoms with van der Waals surface area (Å²) in [5, 5.41) is 6.52. The van der Waals surface area contributed by atoms with Crippen molar-refractivity contribution in [3.05, 3.63) is 76.8 Å². The number of nitrogens with zero attached hydrogens (tertiary/aromatic N) is 1. The fourth-order valence-corrected chi connectivity index (χ4v) is 5.03. The van der Waals surface area contributed by atoms with E-state index < -0.39 is 5.72 Å². The van der Waals surface area contributed by atoms with E-state index in [1.165, 1.54) is 0 Å². The van der Waals surface area contributed by atoms with Crippen LogP contribution in [0.1, 0.15) is 35.3 Å². The minimum Gasteiger partial charge on any atom is -0.486 e. The summed E-state index contributed by atoms with van der Waals surface area (Å²) >= 11 is 6.16. The molecule has 178 valence electrons. The van der Waals surface area contributed by atoms with Crippen LogP contribution >= 0.6 is 11.6 Å². The molecule has 3 heterocycles. The monoisotopic (exact) mass is 491 g/mol. The van der Waals surface area contributed by atoms with Crippen LogP contribution in [0.2, 0.25) is 5.02 Å². The zero-order chi connectivity index (χ0) is 24.2. The third kappa shape index (κ3) is 3.80. The van der Waals surface area contributed by atoms with E-state index in [0.717, 1.165) is 5.56 Å². The number of fused-ring (bicyclic) bond motifs is 5. The number of hydrogen-bond donors (Lipinski definition) is 2. The molecule has 0 saturated carbocycles. The fourth-order valence-electron chi connectivity index (χ4n) is 4.85. The van der Waals surface area contributed by atoms with E-state index in [-0.39, 0.29) is 18.0 Å². The predicted molar refractivity (Wildman–Crippen MR) is 131 cm³/mol. The van der Waals surface area contributed by atoms with Crippen molar-refractivity contribution in [3.63, 3.8) is 0 Å². The molecule has 2 bridgehead atoms. The van der Waals surface area contributed by atoms with Crippen molar-refractivity contribution >= 4 is 34.9 Å². The van der Waals surface area contributed by atoms with Gasteiger partial charge in [0.25, 0.3) is 5.91 Å². The van der Waals surface area contributed by atoms with Gasteiger partial charge in [-0.2, -0.15) is 0 Å². The normalized spacial score (nSPS) is 21.9. The first kappa shape index (κ1) is 21.6. The van der Waals surface area contributed by atoms with Crippen molar-refractivity contribution in [3.8, 4) is 17.2 Å². The van der Waals surface area contributed by atoms with Crippen molar-refractivity contribution < 1.29 is 23.8 Å². The Balaban J connectivity index is 1.27. The molecule has 1 fully saturated rings. The molecule has 2 N–H and O–H groups in total. The van der Waals surface area contributed by atoms with E-state index >= 15 is 0 Å². The maximum absolute atomic E-state index is 13.2. The number of urea groups is 1. The number of rotatable bonds is 3. The Bertz CT molecular complexity index is 1360. The van der Waals surface area contributed by atoms with Gasteiger partial charge in [0.05, 0.1) is 11.7 Å². The molecule has 3 aromatic carbocycles. The lowest BCUT2D eigenvalue weighted by Gasteiger charge is -2.50. The maximum Gasteiger partial charge on any atom is 0.325 e. The van der Waals surface area contributed by atoms with Crippen LogP contribution < -0.4 is 29.7 Å². The van der Waals surface area contributed by atoms with E-state index in [1.807, 2.05) is 19.1 Å². The Morgan fingerprint density at radius 2 is 1.86 bits per heavy atom. The number of carbonyl (C=O) groups is 2. The van der Waals surface area contributed by atoms with E-state index in [9.17, 15) is 9.59 Å². The quantitative estimate of drug-likeness (QED) is 0.530. The van der Waals surface area contributed by atoms with Crippen LogP contribution in [0.5, 0.6) is 17.2 Å². The summed E-state index contributed by atoms with van der Waals surface area (Å²) in [6.07, 6.45) is 0.527. The summed E-state index contributed by atoms with van der Waals surface area (Å²) in [6.45, 7) is 2.83. The van der Waals surface area contributed by atoms with Crippen molar-refractivity contribution in [1.29, 1.82) is 0 Å². The first-order valence-electron chi connectivity index (χ1n) is 11.3. The maximum atomic E-state index is 13.2. The third-order valence-electron chi connectivity index (χ3n) is 6.40. The molecule has 2 atom stereocenters. The minimum absolute atomic E-state index is 0.215. The number of benzene rings is 3. The lowest BCUT2D eigenvalue weighted by Crippen LogP contribution is -2.65. The summed E-state index contributed by atoms with van der Waals surface area (Å²) < 4.78 is 17.4. The average Bonchev–Trinajstić information content (AvgIpc) is 2.84. The molecule has 3 aliphatic rings. The van der Waals surface area contributed by atoms with Gasteiger partial charge in [-0.1, -0.05) is 17.7 Å². The van der Waals surface area contributed by atoms with Crippen LogP contribution in [0.4, 0.5) is 16.2 Å². The Labute approximate surface area is 206 Å². The number of anilines is 2. The minimum atomic E-state index is -0.932. The molecular weight excluding hydrogens is 470 g/mol. The number of carbonyl (C=O) groups excluding carboxylic acids is 2. The highest BCUT2D eigenvalue weighted by atomic mass is 35.5. The third-order valence-corrected chi connectivity index (χ3v) is 6.64. The van der Waals surface area contributed by atoms with Gasteiger partial charge in [-0.15, -0.1) is 0 Å². The number of hydrogen-bond acceptors (Lipinski definition) is 5. The molecule has 9 heteroatoms. The highest BCUT2D eigenvalue weighted by Gasteiger charge is 2.50. The summed E-state index contributed by atoms with van der Waals surface area (Å²) in [5.74, 6) is 1.60. The van der Waals surface area contributed by atoms with Crippen molar-refractivity contribution in [2.45, 2.75) is 25.1 Å². The summed E-state index contributed by atoms with van der Waals surface area (Å²) in [5.41, 5.74) is 1.46. The smallest absolute Gasteiger partial charge is 0.325 e. The van der Waals surface area contributed by atoms with E-state index in [2.05, 4.69) is 10.6 Å². The van der Waals surface area contributed by atoms with Gasteiger partial charge in [-0.25, -0.2) is 4.79 Å². The van der Waals surface area contributed by atoms with Gasteiger partial charge < -0.3 is 24.8 Å². The molecule has 2 unspecified atom stereocenters. The first-order valence-corrected chi connectivity index (χ1v) is 11.7. The van der Waals surface area contributed by atoms with Crippen molar-refractivity contribution in [1.82, 2.24) is 5.32 Å². The number of ether oxygens (including phenoxy) is 3. The lowest BCUT2D eigenvalue weighted by molar-refractivity contribution is 0.0378. The molecule has 3 aromatic rings. The topological polar surface area (TPSA) is 89.1 Å². The van der Waals surface area contributed by atoms with Gasteiger partial charge in [-0.05, 0) is 55.5 Å². The standard InChI is InChI=1S/C26H22ClN3O5/c1-26-14-20(19-12-16(27)5-7-21(19)35-26)29-25(32)30(26)18-4-2-3-15(11-18)24(31)28-17-6-8-22-23(13-17)34-10-9-33-22/h2-8,11-13,20H,9-10,14H2,1H3,(H,28,31)(H,29,32). The van der Waals surface area contributed by atoms with Crippen LogP contribution in [0, 0.1) is 0 Å². The van der Waals surface area contributed by atoms with Gasteiger partial charge in [0.15, 0.2) is 17.2 Å². The molecule has 0 aromatic heterocycles. The van der Waals surface area contributed by atoms with E-state index in [1.54, 1.807) is 53.4 Å². The van der Waals surface area contributed by atoms with Gasteiger partial charge in [0, 0.05) is 34.3 Å². The molecule has 0 aliphatic carbocycles. The lowest BCUT2D eigenvalue weighted by atomic mass is 9.90. The Hall–Kier alpha value is -3.91. The Morgan fingerprint density at radius 3 is 2.71 bits per heavy atom.